The number of hydrogen-bond donors (Lipinski definition) is 8. The minimum atomic E-state index is -1.69. The van der Waals surface area contributed by atoms with E-state index in [1.165, 1.54) is 0 Å². The Morgan fingerprint density at radius 2 is 1.47 bits per heavy atom. The van der Waals surface area contributed by atoms with Gasteiger partial charge in [-0.3, -0.25) is 0 Å². The molecule has 0 amide bonds. The molecule has 0 unspecified atom stereocenters. The summed E-state index contributed by atoms with van der Waals surface area (Å²) in [4.78, 5) is 0. The molecule has 0 aromatic rings. The van der Waals surface area contributed by atoms with Crippen molar-refractivity contribution < 1.29 is 69.3 Å². The molecule has 5 saturated carbocycles. The smallest absolute Gasteiger partial charge is 0.199 e. The van der Waals surface area contributed by atoms with Crippen LogP contribution in [0.15, 0.2) is 0 Å². The molecule has 55 heavy (non-hydrogen) atoms. The predicted octanol–water partition coefficient (Wildman–Crippen LogP) is 0.946. The van der Waals surface area contributed by atoms with Crippen LogP contribution in [-0.2, 0) is 28.4 Å². The van der Waals surface area contributed by atoms with Crippen LogP contribution in [0.1, 0.15) is 99.8 Å². The van der Waals surface area contributed by atoms with Crippen LogP contribution in [0.3, 0.4) is 0 Å². The second kappa shape index (κ2) is 12.5. The Bertz CT molecular complexity index is 1500. The van der Waals surface area contributed by atoms with Crippen molar-refractivity contribution in [3.8, 4) is 0 Å². The lowest BCUT2D eigenvalue weighted by Gasteiger charge is -2.63. The van der Waals surface area contributed by atoms with Crippen LogP contribution in [0.2, 0.25) is 0 Å². The second-order valence-electron chi connectivity index (χ2n) is 21.1. The molecule has 9 rings (SSSR count). The zero-order chi connectivity index (χ0) is 39.6. The summed E-state index contributed by atoms with van der Waals surface area (Å²) in [5, 5.41) is 86.9. The highest BCUT2D eigenvalue weighted by molar-refractivity contribution is 5.34. The Morgan fingerprint density at radius 3 is 2.16 bits per heavy atom. The van der Waals surface area contributed by atoms with Gasteiger partial charge in [0, 0.05) is 11.3 Å². The molecule has 4 saturated heterocycles. The van der Waals surface area contributed by atoms with Crippen LogP contribution >= 0.6 is 0 Å². The van der Waals surface area contributed by atoms with Gasteiger partial charge in [0.15, 0.2) is 18.4 Å². The molecule has 2 bridgehead atoms. The topological polar surface area (TPSA) is 217 Å². The Labute approximate surface area is 323 Å². The van der Waals surface area contributed by atoms with Gasteiger partial charge < -0.3 is 69.3 Å². The molecule has 4 heterocycles. The zero-order valence-corrected chi connectivity index (χ0v) is 33.4. The molecular weight excluding hydrogens is 716 g/mol. The molecule has 0 radical (unpaired) electrons. The number of aliphatic hydroxyl groups excluding tert-OH is 7. The Hall–Kier alpha value is -0.560. The van der Waals surface area contributed by atoms with E-state index in [0.29, 0.717) is 5.92 Å². The molecule has 4 aliphatic heterocycles. The molecule has 9 aliphatic rings. The molecule has 0 aromatic carbocycles. The second-order valence-corrected chi connectivity index (χ2v) is 21.1. The van der Waals surface area contributed by atoms with Gasteiger partial charge in [0.05, 0.1) is 31.0 Å². The van der Waals surface area contributed by atoms with Crippen LogP contribution in [0, 0.1) is 50.7 Å². The summed E-state index contributed by atoms with van der Waals surface area (Å²) in [7, 11) is 0. The normalized spacial score (nSPS) is 60.6. The van der Waals surface area contributed by atoms with Gasteiger partial charge in [0.25, 0.3) is 0 Å². The number of hydrogen-bond acceptors (Lipinski definition) is 14. The fourth-order valence-corrected chi connectivity index (χ4v) is 15.5. The zero-order valence-electron chi connectivity index (χ0n) is 33.4. The van der Waals surface area contributed by atoms with E-state index < -0.39 is 90.9 Å². The van der Waals surface area contributed by atoms with Crippen LogP contribution < -0.4 is 0 Å². The summed E-state index contributed by atoms with van der Waals surface area (Å²) >= 11 is 0. The third-order valence-corrected chi connectivity index (χ3v) is 18.0. The molecule has 3 spiro atoms. The summed E-state index contributed by atoms with van der Waals surface area (Å²) in [6, 6.07) is 0. The number of aliphatic hydroxyl groups is 8. The van der Waals surface area contributed by atoms with Crippen LogP contribution in [0.5, 0.6) is 0 Å². The van der Waals surface area contributed by atoms with Gasteiger partial charge >= 0.3 is 0 Å². The molecule has 9 fully saturated rings. The minimum Gasteiger partial charge on any atom is -0.394 e. The molecular formula is C41H66O14. The highest BCUT2D eigenvalue weighted by atomic mass is 16.8. The first-order valence-corrected chi connectivity index (χ1v) is 21.0. The quantitative estimate of drug-likeness (QED) is 0.176. The fraction of sp³-hybridized carbons (Fsp3) is 1.00. The largest absolute Gasteiger partial charge is 0.394 e. The fourth-order valence-electron chi connectivity index (χ4n) is 15.5. The lowest BCUT2D eigenvalue weighted by atomic mass is 9.41. The van der Waals surface area contributed by atoms with Gasteiger partial charge in [0.1, 0.15) is 54.9 Å². The van der Waals surface area contributed by atoms with Crippen molar-refractivity contribution in [2.24, 2.45) is 50.7 Å². The van der Waals surface area contributed by atoms with Crippen molar-refractivity contribution in [2.45, 2.75) is 191 Å². The van der Waals surface area contributed by atoms with Crippen molar-refractivity contribution in [3.63, 3.8) is 0 Å². The van der Waals surface area contributed by atoms with Gasteiger partial charge in [-0.2, -0.15) is 0 Å². The van der Waals surface area contributed by atoms with Crippen LogP contribution in [-0.4, -0.2) is 145 Å². The molecule has 14 nitrogen and oxygen atoms in total. The highest BCUT2D eigenvalue weighted by Crippen LogP contribution is 2.90. The summed E-state index contributed by atoms with van der Waals surface area (Å²) in [5.41, 5.74) is -1.89. The van der Waals surface area contributed by atoms with E-state index in [0.717, 1.165) is 51.4 Å². The van der Waals surface area contributed by atoms with Crippen molar-refractivity contribution in [3.05, 3.63) is 0 Å². The summed E-state index contributed by atoms with van der Waals surface area (Å²) in [6.07, 6.45) is -7.12. The Balaban J connectivity index is 0.933. The third-order valence-electron chi connectivity index (χ3n) is 18.0. The maximum Gasteiger partial charge on any atom is 0.199 e. The molecule has 14 heteroatoms. The standard InChI is InChI=1S/C41H66O14/c1-18-14-20-31(36(4,5)49)55-41(54-20)30(18)37(6)12-13-40-17-39(40)11-10-24(35(2,3)22(39)8-9-23(40)38(37,7)34(41)48)52-32-28(47)29(19(43)16-50-32)53-33-27(46)26(45)25(44)21(15-42)51-33/h18-34,42-49H,8-17H2,1-7H3/t18-,19-,20-,21-,22-,23+,24+,25-,26+,27-,28-,29+,30-,31+,32-,33+,34-,37-,38-,39-,40+,41+/m1/s1. The van der Waals surface area contributed by atoms with Crippen molar-refractivity contribution in [2.75, 3.05) is 13.2 Å². The Kier molecular flexibility index (Phi) is 9.06. The molecule has 5 aliphatic carbocycles. The van der Waals surface area contributed by atoms with Gasteiger partial charge in [-0.25, -0.2) is 0 Å². The summed E-state index contributed by atoms with van der Waals surface area (Å²) in [5.74, 6) is -0.232. The van der Waals surface area contributed by atoms with Crippen molar-refractivity contribution in [1.82, 2.24) is 0 Å². The van der Waals surface area contributed by atoms with E-state index in [9.17, 15) is 40.9 Å². The highest BCUT2D eigenvalue weighted by Gasteiger charge is 2.88. The predicted molar refractivity (Wildman–Crippen MR) is 191 cm³/mol. The third kappa shape index (κ3) is 4.98. The first kappa shape index (κ1) is 39.9. The van der Waals surface area contributed by atoms with Crippen molar-refractivity contribution in [1.29, 1.82) is 0 Å². The van der Waals surface area contributed by atoms with E-state index in [-0.39, 0.29) is 58.2 Å². The SMILES string of the molecule is C[C@@H]1C[C@H]2O[C@@]3(O[C@@H]2C(C)(C)O)[C@H](O)[C@@]2(C)[C@@H]4CC[C@@H]5C(C)(C)[C@@H](O[C@H]6OC[C@@H](O)[C@H](O[C@@H]7O[C@H](CO)[C@@H](O)[C@H](O)[C@H]7O)[C@H]6O)CC[C@@]56C[C@@]46CC[C@]2(C)[C@@H]13. The first-order chi connectivity index (χ1) is 25.6. The van der Waals surface area contributed by atoms with E-state index in [1.807, 2.05) is 0 Å². The molecule has 22 atom stereocenters. The van der Waals surface area contributed by atoms with Gasteiger partial charge in [-0.15, -0.1) is 0 Å². The summed E-state index contributed by atoms with van der Waals surface area (Å²) in [6.45, 7) is 14.2. The first-order valence-electron chi connectivity index (χ1n) is 21.0. The summed E-state index contributed by atoms with van der Waals surface area (Å²) < 4.78 is 37.6. The number of fused-ring (bicyclic) bond motifs is 4. The van der Waals surface area contributed by atoms with Crippen molar-refractivity contribution >= 4 is 0 Å². The molecule has 0 aromatic heterocycles. The van der Waals surface area contributed by atoms with Gasteiger partial charge in [-0.05, 0) is 105 Å². The average molecular weight is 783 g/mol. The lowest BCUT2D eigenvalue weighted by Crippen LogP contribution is -2.63. The number of ether oxygens (including phenoxy) is 6. The van der Waals surface area contributed by atoms with E-state index in [1.54, 1.807) is 13.8 Å². The monoisotopic (exact) mass is 782 g/mol. The van der Waals surface area contributed by atoms with E-state index in [2.05, 4.69) is 34.6 Å². The maximum absolute atomic E-state index is 12.8. The lowest BCUT2D eigenvalue weighted by molar-refractivity contribution is -0.356. The van der Waals surface area contributed by atoms with Crippen LogP contribution in [0.4, 0.5) is 0 Å². The molecule has 314 valence electrons. The molecule has 8 N–H and O–H groups in total. The Morgan fingerprint density at radius 1 is 0.782 bits per heavy atom. The van der Waals surface area contributed by atoms with Gasteiger partial charge in [0.2, 0.25) is 0 Å². The minimum absolute atomic E-state index is 0.0166. The average Bonchev–Trinajstić information content (AvgIpc) is 3.63. The maximum atomic E-state index is 12.8. The van der Waals surface area contributed by atoms with E-state index in [4.69, 9.17) is 28.4 Å². The van der Waals surface area contributed by atoms with E-state index >= 15 is 0 Å². The van der Waals surface area contributed by atoms with Crippen LogP contribution in [0.25, 0.3) is 0 Å². The van der Waals surface area contributed by atoms with Gasteiger partial charge in [-0.1, -0.05) is 34.6 Å². The number of rotatable bonds is 6.